The largest absolute Gasteiger partial charge is 0.457 e. The average Bonchev–Trinajstić information content (AvgIpc) is 1.84. The van der Waals surface area contributed by atoms with Gasteiger partial charge in [0.15, 0.2) is 23.3 Å². The Morgan fingerprint density at radius 2 is 0.977 bits per heavy atom. The van der Waals surface area contributed by atoms with Gasteiger partial charge in [-0.25, -0.2) is 26.9 Å². The van der Waals surface area contributed by atoms with Gasteiger partial charge in [0.2, 0.25) is 5.82 Å². The van der Waals surface area contributed by atoms with E-state index in [9.17, 15) is 0 Å². The van der Waals surface area contributed by atoms with Crippen LogP contribution in [0.15, 0.2) is 146 Å². The number of para-hydroxylation sites is 3. The highest BCUT2D eigenvalue weighted by Crippen LogP contribution is 2.54. The number of hydrogen-bond acceptors (Lipinski definition) is 4. The highest BCUT2D eigenvalue weighted by molar-refractivity contribution is 6.09. The number of rotatable bonds is 13. The Morgan fingerprint density at radius 3 is 1.56 bits per heavy atom. The molecule has 0 atom stereocenters. The van der Waals surface area contributed by atoms with Gasteiger partial charge in [0.05, 0.1) is 33.7 Å². The van der Waals surface area contributed by atoms with E-state index in [2.05, 4.69) is 184 Å². The van der Waals surface area contributed by atoms with Crippen molar-refractivity contribution in [2.45, 2.75) is 151 Å². The molecule has 8 aromatic carbocycles. The molecular weight excluding hydrogens is 1090 g/mol. The fourth-order valence-electron chi connectivity index (χ4n) is 12.4. The third kappa shape index (κ3) is 11.1. The number of hydrogen-bond donors (Lipinski definition) is 0. The number of halogens is 5. The van der Waals surface area contributed by atoms with Crippen LogP contribution in [0.2, 0.25) is 0 Å². The summed E-state index contributed by atoms with van der Waals surface area (Å²) in [6.07, 6.45) is 1.88. The first-order valence-electron chi connectivity index (χ1n) is 30.6. The Bertz CT molecular complexity index is 4240. The second-order valence-corrected chi connectivity index (χ2v) is 27.3. The number of anilines is 4. The molecule has 0 unspecified atom stereocenters. The zero-order valence-electron chi connectivity index (χ0n) is 53.0. The van der Waals surface area contributed by atoms with Gasteiger partial charge in [-0.1, -0.05) is 171 Å². The van der Waals surface area contributed by atoms with Crippen molar-refractivity contribution in [3.63, 3.8) is 0 Å². The SMILES string of the molecule is CC(C)c1cc(-c2cc(C(C)(C)C)cc(-c3c(F)c(F)c(F)c(F)c3F)c2N2CN(c3cc(Oc4ccc5c6ccccc6n(-c6cc(C(C)(C)C)ccn6)c5c4)cc(-c4c(C(C)C)cc(C(C)C)cc4C(C)C)c3)c3ccccc32)cc(C(C)C)c1. The minimum absolute atomic E-state index is 0.0699. The lowest BCUT2D eigenvalue weighted by atomic mass is 9.81. The summed E-state index contributed by atoms with van der Waals surface area (Å²) in [7, 11) is 0. The van der Waals surface area contributed by atoms with Crippen LogP contribution in [-0.4, -0.2) is 16.2 Å². The summed E-state index contributed by atoms with van der Waals surface area (Å²) in [6, 6.07) is 47.6. The predicted octanol–water partition coefficient (Wildman–Crippen LogP) is 23.1. The molecule has 0 spiro atoms. The fraction of sp³-hybridized carbons (Fsp3) is 0.312. The highest BCUT2D eigenvalue weighted by Gasteiger charge is 2.37. The molecule has 0 saturated carbocycles. The number of benzene rings is 8. The van der Waals surface area contributed by atoms with E-state index in [1.807, 2.05) is 80.4 Å². The van der Waals surface area contributed by atoms with Crippen molar-refractivity contribution in [2.24, 2.45) is 0 Å². The van der Waals surface area contributed by atoms with E-state index in [1.165, 1.54) is 16.7 Å². The summed E-state index contributed by atoms with van der Waals surface area (Å²) in [4.78, 5) is 9.07. The van der Waals surface area contributed by atoms with Gasteiger partial charge >= 0.3 is 0 Å². The molecule has 448 valence electrons. The quantitative estimate of drug-likeness (QED) is 0.0654. The molecule has 0 radical (unpaired) electrons. The maximum atomic E-state index is 16.9. The van der Waals surface area contributed by atoms with Crippen LogP contribution in [0.25, 0.3) is 61.0 Å². The molecule has 11 rings (SSSR count). The molecule has 2 aromatic heterocycles. The van der Waals surface area contributed by atoms with Crippen LogP contribution in [0.4, 0.5) is 44.7 Å². The second kappa shape index (κ2) is 22.8. The van der Waals surface area contributed by atoms with Crippen LogP contribution >= 0.6 is 0 Å². The van der Waals surface area contributed by atoms with Crippen LogP contribution in [0.1, 0.15) is 179 Å². The van der Waals surface area contributed by atoms with E-state index >= 15 is 22.0 Å². The number of fused-ring (bicyclic) bond motifs is 4. The second-order valence-electron chi connectivity index (χ2n) is 27.3. The zero-order chi connectivity index (χ0) is 62.5. The van der Waals surface area contributed by atoms with Crippen molar-refractivity contribution in [1.82, 2.24) is 9.55 Å². The molecule has 0 aliphatic carbocycles. The molecule has 3 heterocycles. The van der Waals surface area contributed by atoms with Crippen molar-refractivity contribution < 1.29 is 26.7 Å². The Morgan fingerprint density at radius 1 is 0.437 bits per heavy atom. The summed E-state index contributed by atoms with van der Waals surface area (Å²) in [5.41, 5.74) is 13.5. The molecule has 0 saturated heterocycles. The normalized spacial score (nSPS) is 13.1. The van der Waals surface area contributed by atoms with Gasteiger partial charge in [0, 0.05) is 45.9 Å². The highest BCUT2D eigenvalue weighted by atomic mass is 19.2. The first-order chi connectivity index (χ1) is 41.1. The van der Waals surface area contributed by atoms with Gasteiger partial charge in [-0.2, -0.15) is 0 Å². The average molecular weight is 1170 g/mol. The van der Waals surface area contributed by atoms with Gasteiger partial charge in [0.25, 0.3) is 0 Å². The van der Waals surface area contributed by atoms with Crippen LogP contribution in [-0.2, 0) is 10.8 Å². The molecule has 0 amide bonds. The lowest BCUT2D eigenvalue weighted by Crippen LogP contribution is -2.26. The van der Waals surface area contributed by atoms with Crippen LogP contribution < -0.4 is 14.5 Å². The van der Waals surface area contributed by atoms with Crippen LogP contribution in [0, 0.1) is 29.1 Å². The maximum Gasteiger partial charge on any atom is 0.200 e. The maximum absolute atomic E-state index is 16.9. The smallest absolute Gasteiger partial charge is 0.200 e. The molecule has 10 aromatic rings. The Balaban J connectivity index is 1.17. The van der Waals surface area contributed by atoms with Crippen LogP contribution in [0.3, 0.4) is 0 Å². The first-order valence-corrected chi connectivity index (χ1v) is 30.6. The fourth-order valence-corrected chi connectivity index (χ4v) is 12.4. The van der Waals surface area contributed by atoms with Gasteiger partial charge < -0.3 is 14.5 Å². The van der Waals surface area contributed by atoms with Gasteiger partial charge in [-0.3, -0.25) is 4.57 Å². The lowest BCUT2D eigenvalue weighted by molar-refractivity contribution is 0.381. The van der Waals surface area contributed by atoms with E-state index in [-0.39, 0.29) is 47.2 Å². The Kier molecular flexibility index (Phi) is 15.8. The van der Waals surface area contributed by atoms with Gasteiger partial charge in [-0.05, 0) is 163 Å². The van der Waals surface area contributed by atoms with Crippen molar-refractivity contribution >= 4 is 44.6 Å². The van der Waals surface area contributed by atoms with E-state index in [0.717, 1.165) is 72.4 Å². The predicted molar refractivity (Wildman–Crippen MR) is 351 cm³/mol. The van der Waals surface area contributed by atoms with Crippen molar-refractivity contribution in [2.75, 3.05) is 16.5 Å². The molecule has 0 fully saturated rings. The molecule has 1 aliphatic rings. The molecule has 1 aliphatic heterocycles. The van der Waals surface area contributed by atoms with E-state index in [4.69, 9.17) is 9.72 Å². The van der Waals surface area contributed by atoms with Crippen LogP contribution in [0.5, 0.6) is 11.5 Å². The Hall–Kier alpha value is -8.24. The summed E-state index contributed by atoms with van der Waals surface area (Å²) in [5.74, 6) is -7.31. The van der Waals surface area contributed by atoms with Crippen molar-refractivity contribution in [3.8, 4) is 50.7 Å². The molecule has 5 nitrogen and oxygen atoms in total. The van der Waals surface area contributed by atoms with E-state index in [0.29, 0.717) is 34.0 Å². The van der Waals surface area contributed by atoms with Gasteiger partial charge in [-0.15, -0.1) is 0 Å². The standard InChI is InChI=1S/C77H79F5N4O/c1-42(2)47-29-48(43(3)4)31-50(30-47)61-36-53(77(14,15)16)37-62(69-70(78)72(80)74(82)73(81)71(69)79)75(61)85-41-84(64-23-19-20-24-65(64)85)54-32-51(68-59(45(7)8)34-49(44(5)6)35-60(68)46(9)10)33-56(39-54)87-55-25-26-58-57-21-17-18-22-63(57)86(66(58)40-55)67-38-52(27-28-83-67)76(11,12)13/h17-40,42-46H,41H2,1-16H3. The molecule has 10 heteroatoms. The number of pyridine rings is 1. The molecule has 0 bridgehead atoms. The number of aromatic nitrogens is 2. The minimum Gasteiger partial charge on any atom is -0.457 e. The summed E-state index contributed by atoms with van der Waals surface area (Å²) in [5, 5.41) is 2.14. The molecule has 0 N–H and O–H groups in total. The van der Waals surface area contributed by atoms with Gasteiger partial charge in [0.1, 0.15) is 24.0 Å². The Labute approximate surface area is 510 Å². The summed E-state index contributed by atoms with van der Waals surface area (Å²) in [6.45, 7) is 34.4. The topological polar surface area (TPSA) is 33.5 Å². The molecular formula is C77H79F5N4O. The lowest BCUT2D eigenvalue weighted by Gasteiger charge is -2.31. The summed E-state index contributed by atoms with van der Waals surface area (Å²) >= 11 is 0. The van der Waals surface area contributed by atoms with Crippen molar-refractivity contribution in [1.29, 1.82) is 0 Å². The molecule has 87 heavy (non-hydrogen) atoms. The monoisotopic (exact) mass is 1170 g/mol. The number of nitrogens with zero attached hydrogens (tertiary/aromatic N) is 4. The first kappa shape index (κ1) is 60.4. The van der Waals surface area contributed by atoms with E-state index in [1.54, 1.807) is 6.07 Å². The minimum atomic E-state index is -2.21. The third-order valence-corrected chi connectivity index (χ3v) is 17.4. The van der Waals surface area contributed by atoms with E-state index < -0.39 is 40.1 Å². The third-order valence-electron chi connectivity index (χ3n) is 17.4. The number of ether oxygens (including phenoxy) is 1. The zero-order valence-corrected chi connectivity index (χ0v) is 53.0. The van der Waals surface area contributed by atoms with Crippen molar-refractivity contribution in [3.05, 3.63) is 214 Å². The summed E-state index contributed by atoms with van der Waals surface area (Å²) < 4.78 is 90.1.